The number of aromatic hydroxyl groups is 1. The number of benzene rings is 11. The number of nitrogens with one attached hydrogen (secondary N) is 3. The molecule has 0 bridgehead atoms. The Morgan fingerprint density at radius 1 is 0.411 bits per heavy atom. The van der Waals surface area contributed by atoms with E-state index in [1.54, 1.807) is 48.2 Å². The number of nitriles is 2. The number of imidazole rings is 3. The number of rotatable bonds is 20. The molecular formula is C87H67N15O5. The van der Waals surface area contributed by atoms with Gasteiger partial charge in [-0.1, -0.05) is 224 Å². The lowest BCUT2D eigenvalue weighted by Gasteiger charge is -2.12. The van der Waals surface area contributed by atoms with Gasteiger partial charge < -0.3 is 40.0 Å². The van der Waals surface area contributed by atoms with Crippen LogP contribution in [0.25, 0.3) is 101 Å². The van der Waals surface area contributed by atoms with E-state index in [1.807, 2.05) is 228 Å². The lowest BCUT2D eigenvalue weighted by molar-refractivity contribution is 0.1000. The molecular weight excluding hydrogens is 1340 g/mol. The molecule has 17 rings (SSSR count). The van der Waals surface area contributed by atoms with Crippen LogP contribution in [0.15, 0.2) is 291 Å². The standard InChI is InChI=1S/2C31H23N5O.C25H21N5O3/c32-19-24-16-17-26-27(18-24)34-31(33-26)28-30(37-21-23-12-6-2-7-13-23)29(25-14-8-3-9-15-25)36(35-28)20-22-10-4-1-5-11-22;32-19-24-16-17-26-27(18-24)34-31(33-26)29-30(37-21-23-12-6-2-7-13-23)28(25-14-8-3-9-15-25)35-36(29)20-22-10-4-1-5-11-22;1-33-18-10-7-15(8-11-18)14-30-22(23(31)21(29-30)16-5-3-2-4-6-16)25-27-19-12-9-17(24(26)32)13-20(19)28-25/h2*1-18H,20-21H2,(H,33,34);2-13,31H,14H2,1H3,(H2,26,32)(H,27,28). The predicted molar refractivity (Wildman–Crippen MR) is 413 cm³/mol. The number of ether oxygens (including phenoxy) is 3. The first kappa shape index (κ1) is 67.9. The highest BCUT2D eigenvalue weighted by molar-refractivity contribution is 5.97. The Kier molecular flexibility index (Phi) is 19.8. The number of nitrogens with two attached hydrogens (primary N) is 1. The molecule has 11 aromatic carbocycles. The molecule has 20 nitrogen and oxygen atoms in total. The Labute approximate surface area is 614 Å². The van der Waals surface area contributed by atoms with E-state index in [2.05, 4.69) is 68.5 Å². The monoisotopic (exact) mass is 1400 g/mol. The van der Waals surface area contributed by atoms with Crippen molar-refractivity contribution in [3.63, 3.8) is 0 Å². The van der Waals surface area contributed by atoms with Crippen LogP contribution in [0.5, 0.6) is 23.0 Å². The van der Waals surface area contributed by atoms with E-state index in [0.717, 1.165) is 89.4 Å². The molecule has 0 atom stereocenters. The highest BCUT2D eigenvalue weighted by Gasteiger charge is 2.28. The molecule has 0 aliphatic carbocycles. The van der Waals surface area contributed by atoms with Crippen LogP contribution in [0.1, 0.15) is 49.3 Å². The molecule has 0 saturated heterocycles. The van der Waals surface area contributed by atoms with Crippen LogP contribution in [0.2, 0.25) is 0 Å². The second kappa shape index (κ2) is 31.1. The van der Waals surface area contributed by atoms with Gasteiger partial charge in [-0.05, 0) is 94.5 Å². The maximum Gasteiger partial charge on any atom is 0.248 e. The summed E-state index contributed by atoms with van der Waals surface area (Å²) in [6.07, 6.45) is 0. The largest absolute Gasteiger partial charge is 0.504 e. The Morgan fingerprint density at radius 3 is 1.27 bits per heavy atom. The number of carbonyl (C=O) groups is 1. The Hall–Kier alpha value is -14.9. The average Bonchev–Trinajstić information content (AvgIpc) is 1.62. The number of hydrogen-bond acceptors (Lipinski definition) is 13. The van der Waals surface area contributed by atoms with Crippen molar-refractivity contribution in [2.45, 2.75) is 32.8 Å². The quantitative estimate of drug-likeness (QED) is 0.0475. The fourth-order valence-electron chi connectivity index (χ4n) is 12.6. The van der Waals surface area contributed by atoms with Gasteiger partial charge in [0.05, 0.1) is 83.1 Å². The van der Waals surface area contributed by atoms with Gasteiger partial charge in [0.1, 0.15) is 47.4 Å². The summed E-state index contributed by atoms with van der Waals surface area (Å²) in [6.45, 7) is 2.31. The molecule has 20 heteroatoms. The maximum absolute atomic E-state index is 11.6. The zero-order valence-electron chi connectivity index (χ0n) is 57.8. The van der Waals surface area contributed by atoms with Crippen molar-refractivity contribution in [3.8, 4) is 103 Å². The van der Waals surface area contributed by atoms with Gasteiger partial charge >= 0.3 is 0 Å². The molecule has 107 heavy (non-hydrogen) atoms. The average molecular weight is 1400 g/mol. The van der Waals surface area contributed by atoms with Crippen molar-refractivity contribution in [3.05, 3.63) is 336 Å². The molecule has 0 saturated carbocycles. The first-order chi connectivity index (χ1) is 52.6. The van der Waals surface area contributed by atoms with E-state index < -0.39 is 5.91 Å². The Balaban J connectivity index is 0.000000129. The van der Waals surface area contributed by atoms with Crippen molar-refractivity contribution in [1.82, 2.24) is 59.2 Å². The fraction of sp³-hybridized carbons (Fsp3) is 0.0690. The number of fused-ring (bicyclic) bond motifs is 3. The number of hydrogen-bond donors (Lipinski definition) is 5. The van der Waals surface area contributed by atoms with Gasteiger partial charge in [-0.2, -0.15) is 25.8 Å². The predicted octanol–water partition coefficient (Wildman–Crippen LogP) is 17.1. The SMILES string of the molecule is COc1ccc(Cn2nc(-c3ccccc3)c(O)c2-c2nc3ccc(C(N)=O)cc3[nH]2)cc1.N#Cc1ccc2nc(-c3c(OCc4ccccc4)c(-c4ccccc4)nn3Cc3ccccc3)[nH]c2c1.N#Cc1ccc2nc(-c3nn(Cc4ccccc4)c(-c4ccccc4)c3OCc3ccccc3)[nH]c2c1. The van der Waals surface area contributed by atoms with Gasteiger partial charge in [-0.3, -0.25) is 18.8 Å². The lowest BCUT2D eigenvalue weighted by atomic mass is 10.1. The van der Waals surface area contributed by atoms with Crippen molar-refractivity contribution >= 4 is 39.0 Å². The summed E-state index contributed by atoms with van der Waals surface area (Å²) in [5, 5.41) is 44.7. The molecule has 0 radical (unpaired) electrons. The molecule has 1 amide bonds. The first-order valence-electron chi connectivity index (χ1n) is 34.4. The number of aromatic nitrogens is 12. The third kappa shape index (κ3) is 15.2. The molecule has 0 aliphatic rings. The van der Waals surface area contributed by atoms with Gasteiger partial charge in [0.25, 0.3) is 0 Å². The number of primary amides is 1. The third-order valence-corrected chi connectivity index (χ3v) is 17.8. The van der Waals surface area contributed by atoms with Crippen molar-refractivity contribution < 1.29 is 24.1 Å². The van der Waals surface area contributed by atoms with Crippen molar-refractivity contribution in [2.75, 3.05) is 7.11 Å². The second-order valence-electron chi connectivity index (χ2n) is 25.1. The van der Waals surface area contributed by atoms with E-state index in [4.69, 9.17) is 45.2 Å². The van der Waals surface area contributed by atoms with E-state index in [9.17, 15) is 20.4 Å². The second-order valence-corrected chi connectivity index (χ2v) is 25.1. The summed E-state index contributed by atoms with van der Waals surface area (Å²) in [7, 11) is 1.62. The number of carbonyl (C=O) groups excluding carboxylic acids is 1. The van der Waals surface area contributed by atoms with Gasteiger partial charge in [0, 0.05) is 22.3 Å². The van der Waals surface area contributed by atoms with E-state index in [1.165, 1.54) is 0 Å². The molecule has 6 N–H and O–H groups in total. The number of aromatic amines is 3. The van der Waals surface area contributed by atoms with Crippen molar-refractivity contribution in [1.29, 1.82) is 10.5 Å². The Morgan fingerprint density at radius 2 is 0.785 bits per heavy atom. The van der Waals surface area contributed by atoms with E-state index >= 15 is 0 Å². The molecule has 0 aliphatic heterocycles. The normalized spacial score (nSPS) is 10.9. The van der Waals surface area contributed by atoms with Crippen LogP contribution >= 0.6 is 0 Å². The number of amides is 1. The molecule has 0 spiro atoms. The first-order valence-corrected chi connectivity index (χ1v) is 34.4. The lowest BCUT2D eigenvalue weighted by Crippen LogP contribution is -2.10. The molecule has 6 aromatic heterocycles. The zero-order valence-corrected chi connectivity index (χ0v) is 57.8. The number of nitrogens with zero attached hydrogens (tertiary/aromatic N) is 11. The van der Waals surface area contributed by atoms with E-state index in [0.29, 0.717) is 107 Å². The topological polar surface area (TPSA) is 278 Å². The smallest absolute Gasteiger partial charge is 0.248 e. The van der Waals surface area contributed by atoms with Gasteiger partial charge in [0.15, 0.2) is 40.4 Å². The fourth-order valence-corrected chi connectivity index (χ4v) is 12.6. The summed E-state index contributed by atoms with van der Waals surface area (Å²) in [5.74, 6) is 3.24. The van der Waals surface area contributed by atoms with Crippen molar-refractivity contribution in [2.24, 2.45) is 5.73 Å². The Bertz CT molecular complexity index is 5980. The summed E-state index contributed by atoms with van der Waals surface area (Å²) < 4.78 is 23.9. The zero-order chi connectivity index (χ0) is 73.0. The minimum absolute atomic E-state index is 0.0175. The van der Waals surface area contributed by atoms with Crippen LogP contribution < -0.4 is 19.9 Å². The van der Waals surface area contributed by atoms with Crippen LogP contribution in [-0.4, -0.2) is 77.4 Å². The summed E-state index contributed by atoms with van der Waals surface area (Å²) >= 11 is 0. The van der Waals surface area contributed by atoms with Crippen LogP contribution in [0.3, 0.4) is 0 Å². The number of methoxy groups -OCH3 is 1. The summed E-state index contributed by atoms with van der Waals surface area (Å²) in [4.78, 5) is 35.9. The maximum atomic E-state index is 11.6. The molecule has 520 valence electrons. The van der Waals surface area contributed by atoms with Crippen LogP contribution in [0, 0.1) is 22.7 Å². The molecule has 6 heterocycles. The molecule has 0 fully saturated rings. The highest BCUT2D eigenvalue weighted by Crippen LogP contribution is 2.43. The number of H-pyrrole nitrogens is 3. The van der Waals surface area contributed by atoms with Gasteiger partial charge in [-0.15, -0.1) is 0 Å². The van der Waals surface area contributed by atoms with Crippen LogP contribution in [-0.2, 0) is 32.8 Å². The van der Waals surface area contributed by atoms with Crippen LogP contribution in [0.4, 0.5) is 0 Å². The molecule has 17 aromatic rings. The highest BCUT2D eigenvalue weighted by atomic mass is 16.5. The molecule has 0 unspecified atom stereocenters. The third-order valence-electron chi connectivity index (χ3n) is 17.8. The summed E-state index contributed by atoms with van der Waals surface area (Å²) in [5.41, 5.74) is 23.3. The van der Waals surface area contributed by atoms with Gasteiger partial charge in [0.2, 0.25) is 5.91 Å². The van der Waals surface area contributed by atoms with Gasteiger partial charge in [-0.25, -0.2) is 15.0 Å². The summed E-state index contributed by atoms with van der Waals surface area (Å²) in [6, 6.07) is 98.2. The minimum Gasteiger partial charge on any atom is -0.504 e. The minimum atomic E-state index is -0.521. The van der Waals surface area contributed by atoms with E-state index in [-0.39, 0.29) is 5.75 Å².